The highest BCUT2D eigenvalue weighted by Gasteiger charge is 2.48. The lowest BCUT2D eigenvalue weighted by atomic mass is 10.2. The molecule has 0 radical (unpaired) electrons. The van der Waals surface area contributed by atoms with Gasteiger partial charge in [-0.15, -0.1) is 0 Å². The van der Waals surface area contributed by atoms with Crippen LogP contribution in [0, 0.1) is 0 Å². The molecule has 0 saturated heterocycles. The molecule has 0 atom stereocenters. The Bertz CT molecular complexity index is 1100. The van der Waals surface area contributed by atoms with Crippen LogP contribution in [-0.2, 0) is 12.4 Å². The third-order valence-corrected chi connectivity index (χ3v) is 9.74. The van der Waals surface area contributed by atoms with Crippen molar-refractivity contribution in [1.29, 1.82) is 0 Å². The Hall–Kier alpha value is -3.11. The summed E-state index contributed by atoms with van der Waals surface area (Å²) < 4.78 is 79.5. The first kappa shape index (κ1) is 23.1. The molecule has 0 aliphatic carbocycles. The van der Waals surface area contributed by atoms with E-state index in [4.69, 9.17) is 0 Å². The number of benzene rings is 4. The normalized spacial score (nSPS) is 12.5. The van der Waals surface area contributed by atoms with Gasteiger partial charge in [0.15, 0.2) is 0 Å². The van der Waals surface area contributed by atoms with Crippen LogP contribution in [0.15, 0.2) is 109 Å². The number of halogens is 6. The molecule has 7 heteroatoms. The highest BCUT2D eigenvalue weighted by molar-refractivity contribution is 8.01. The van der Waals surface area contributed by atoms with E-state index in [0.717, 1.165) is 34.9 Å². The van der Waals surface area contributed by atoms with E-state index in [-0.39, 0.29) is 0 Å². The van der Waals surface area contributed by atoms with Crippen LogP contribution in [0.1, 0.15) is 11.1 Å². The quantitative estimate of drug-likeness (QED) is 0.239. The van der Waals surface area contributed by atoms with E-state index < -0.39 is 30.7 Å². The summed E-state index contributed by atoms with van der Waals surface area (Å²) in [7, 11) is -2.78. The summed E-state index contributed by atoms with van der Waals surface area (Å²) in [5, 5.41) is 2.90. The molecule has 0 nitrogen and oxygen atoms in total. The molecule has 0 heterocycles. The number of hydrogen-bond acceptors (Lipinski definition) is 0. The SMILES string of the molecule is FC(F)(F)c1ccc([P+](c2ccccc2)(c2ccccc2)c2ccc(C(F)(F)F)cc2)cc1. The maximum atomic E-state index is 13.2. The zero-order chi connectivity index (χ0) is 23.7. The van der Waals surface area contributed by atoms with Gasteiger partial charge >= 0.3 is 12.4 Å². The molecule has 0 spiro atoms. The van der Waals surface area contributed by atoms with Crippen LogP contribution in [0.2, 0.25) is 0 Å². The number of hydrogen-bond donors (Lipinski definition) is 0. The predicted octanol–water partition coefficient (Wildman–Crippen LogP) is 6.34. The van der Waals surface area contributed by atoms with Crippen molar-refractivity contribution in [3.8, 4) is 0 Å². The molecular weight excluding hydrogens is 457 g/mol. The van der Waals surface area contributed by atoms with Crippen molar-refractivity contribution >= 4 is 28.5 Å². The molecule has 0 aliphatic heterocycles. The van der Waals surface area contributed by atoms with Gasteiger partial charge in [0.25, 0.3) is 0 Å². The second-order valence-corrected chi connectivity index (χ2v) is 10.8. The summed E-state index contributed by atoms with van der Waals surface area (Å²) in [6, 6.07) is 28.3. The van der Waals surface area contributed by atoms with Crippen LogP contribution >= 0.6 is 7.26 Å². The molecule has 0 saturated carbocycles. The van der Waals surface area contributed by atoms with E-state index in [9.17, 15) is 26.3 Å². The number of rotatable bonds is 4. The molecule has 0 fully saturated rings. The van der Waals surface area contributed by atoms with Crippen molar-refractivity contribution < 1.29 is 26.3 Å². The summed E-state index contributed by atoms with van der Waals surface area (Å²) >= 11 is 0. The fourth-order valence-corrected chi connectivity index (χ4v) is 8.17. The molecule has 0 bridgehead atoms. The summed E-state index contributed by atoms with van der Waals surface area (Å²) in [6.45, 7) is 0. The Labute approximate surface area is 187 Å². The molecule has 168 valence electrons. The molecule has 0 amide bonds. The van der Waals surface area contributed by atoms with Crippen LogP contribution in [0.25, 0.3) is 0 Å². The fourth-order valence-electron chi connectivity index (χ4n) is 3.95. The van der Waals surface area contributed by atoms with Gasteiger partial charge in [0.05, 0.1) is 11.1 Å². The van der Waals surface area contributed by atoms with Gasteiger partial charge in [0, 0.05) is 0 Å². The minimum Gasteiger partial charge on any atom is -0.166 e. The molecule has 0 unspecified atom stereocenters. The standard InChI is InChI=1S/C26H18F6P/c27-25(28,29)19-11-15-23(16-12-19)33(21-7-3-1-4-8-21,22-9-5-2-6-10-22)24-17-13-20(14-18-24)26(30,31)32/h1-18H/q+1. The van der Waals surface area contributed by atoms with Gasteiger partial charge in [-0.05, 0) is 72.8 Å². The van der Waals surface area contributed by atoms with Gasteiger partial charge in [-0.25, -0.2) is 0 Å². The molecule has 0 aromatic heterocycles. The lowest BCUT2D eigenvalue weighted by Gasteiger charge is -2.28. The average molecular weight is 475 g/mol. The van der Waals surface area contributed by atoms with E-state index in [0.29, 0.717) is 10.6 Å². The lowest BCUT2D eigenvalue weighted by Crippen LogP contribution is -2.38. The largest absolute Gasteiger partial charge is 0.416 e. The third-order valence-electron chi connectivity index (χ3n) is 5.45. The third kappa shape index (κ3) is 4.40. The van der Waals surface area contributed by atoms with E-state index in [2.05, 4.69) is 0 Å². The van der Waals surface area contributed by atoms with Crippen molar-refractivity contribution in [3.05, 3.63) is 120 Å². The van der Waals surface area contributed by atoms with Gasteiger partial charge in [0.1, 0.15) is 28.5 Å². The smallest absolute Gasteiger partial charge is 0.166 e. The monoisotopic (exact) mass is 475 g/mol. The summed E-state index contributed by atoms with van der Waals surface area (Å²) in [5.74, 6) is 0. The van der Waals surface area contributed by atoms with Gasteiger partial charge in [0.2, 0.25) is 0 Å². The Kier molecular flexibility index (Phi) is 6.06. The second kappa shape index (κ2) is 8.68. The molecular formula is C26H18F6P+. The fraction of sp³-hybridized carbons (Fsp3) is 0.0769. The van der Waals surface area contributed by atoms with Crippen LogP contribution in [0.3, 0.4) is 0 Å². The first-order valence-electron chi connectivity index (χ1n) is 9.99. The van der Waals surface area contributed by atoms with Crippen LogP contribution in [0.5, 0.6) is 0 Å². The van der Waals surface area contributed by atoms with Crippen molar-refractivity contribution in [3.63, 3.8) is 0 Å². The van der Waals surface area contributed by atoms with E-state index in [1.54, 1.807) is 0 Å². The average Bonchev–Trinajstić information content (AvgIpc) is 2.81. The van der Waals surface area contributed by atoms with Crippen LogP contribution in [-0.4, -0.2) is 0 Å². The van der Waals surface area contributed by atoms with Gasteiger partial charge in [-0.3, -0.25) is 0 Å². The van der Waals surface area contributed by atoms with E-state index >= 15 is 0 Å². The Morgan fingerprint density at radius 1 is 0.364 bits per heavy atom. The van der Waals surface area contributed by atoms with Gasteiger partial charge < -0.3 is 0 Å². The minimum absolute atomic E-state index is 0.618. The molecule has 0 aliphatic rings. The van der Waals surface area contributed by atoms with Crippen molar-refractivity contribution in [1.82, 2.24) is 0 Å². The van der Waals surface area contributed by atoms with E-state index in [1.807, 2.05) is 60.7 Å². The van der Waals surface area contributed by atoms with Gasteiger partial charge in [-0.1, -0.05) is 36.4 Å². The summed E-state index contributed by atoms with van der Waals surface area (Å²) in [6.07, 6.45) is -8.99. The first-order valence-corrected chi connectivity index (χ1v) is 11.8. The first-order chi connectivity index (χ1) is 15.6. The zero-order valence-electron chi connectivity index (χ0n) is 17.1. The van der Waals surface area contributed by atoms with E-state index in [1.165, 1.54) is 24.3 Å². The summed E-state index contributed by atoms with van der Waals surface area (Å²) in [4.78, 5) is 0. The maximum absolute atomic E-state index is 13.2. The molecule has 4 aromatic carbocycles. The Morgan fingerprint density at radius 3 is 0.909 bits per heavy atom. The second-order valence-electron chi connectivity index (χ2n) is 7.43. The molecule has 4 aromatic rings. The van der Waals surface area contributed by atoms with Crippen molar-refractivity contribution in [2.45, 2.75) is 12.4 Å². The van der Waals surface area contributed by atoms with Crippen LogP contribution < -0.4 is 21.2 Å². The maximum Gasteiger partial charge on any atom is 0.416 e. The molecule has 4 rings (SSSR count). The molecule has 33 heavy (non-hydrogen) atoms. The van der Waals surface area contributed by atoms with Gasteiger partial charge in [-0.2, -0.15) is 26.3 Å². The lowest BCUT2D eigenvalue weighted by molar-refractivity contribution is -0.138. The Morgan fingerprint density at radius 2 is 0.636 bits per heavy atom. The van der Waals surface area contributed by atoms with Crippen LogP contribution in [0.4, 0.5) is 26.3 Å². The van der Waals surface area contributed by atoms with Crippen molar-refractivity contribution in [2.24, 2.45) is 0 Å². The topological polar surface area (TPSA) is 0 Å². The number of alkyl halides is 6. The highest BCUT2D eigenvalue weighted by atomic mass is 31.2. The van der Waals surface area contributed by atoms with Crippen molar-refractivity contribution in [2.75, 3.05) is 0 Å². The predicted molar refractivity (Wildman–Crippen MR) is 121 cm³/mol. The minimum atomic E-state index is -4.49. The zero-order valence-corrected chi connectivity index (χ0v) is 18.0. The Balaban J connectivity index is 2.04. The summed E-state index contributed by atoms with van der Waals surface area (Å²) in [5.41, 5.74) is -1.56. The molecule has 0 N–H and O–H groups in total. The highest BCUT2D eigenvalue weighted by Crippen LogP contribution is 2.54.